The van der Waals surface area contributed by atoms with Crippen LogP contribution in [0.1, 0.15) is 37.8 Å². The van der Waals surface area contributed by atoms with Crippen molar-refractivity contribution in [2.24, 2.45) is 5.92 Å². The van der Waals surface area contributed by atoms with Crippen LogP contribution >= 0.6 is 0 Å². The number of anilines is 2. The van der Waals surface area contributed by atoms with Gasteiger partial charge in [-0.1, -0.05) is 38.1 Å². The van der Waals surface area contributed by atoms with Gasteiger partial charge in [0.15, 0.2) is 0 Å². The SMILES string of the molecule is CNc1ccnc(N[C@H]2CCCN(Cc3ccc(CC(C)C)cc3)C2)n1. The third kappa shape index (κ3) is 5.43. The second kappa shape index (κ2) is 8.99. The van der Waals surface area contributed by atoms with Gasteiger partial charge in [-0.25, -0.2) is 4.98 Å². The minimum absolute atomic E-state index is 0.399. The lowest BCUT2D eigenvalue weighted by atomic mass is 10.0. The van der Waals surface area contributed by atoms with Crippen LogP contribution in [0.15, 0.2) is 36.5 Å². The summed E-state index contributed by atoms with van der Waals surface area (Å²) in [7, 11) is 1.88. The number of aromatic nitrogens is 2. The normalized spacial score (nSPS) is 18.1. The quantitative estimate of drug-likeness (QED) is 0.793. The molecule has 140 valence electrons. The Kier molecular flexibility index (Phi) is 6.45. The first-order valence-corrected chi connectivity index (χ1v) is 9.70. The van der Waals surface area contributed by atoms with E-state index in [1.807, 2.05) is 13.1 Å². The molecule has 0 bridgehead atoms. The van der Waals surface area contributed by atoms with Gasteiger partial charge < -0.3 is 10.6 Å². The summed E-state index contributed by atoms with van der Waals surface area (Å²) in [6, 6.07) is 11.4. The molecule has 2 heterocycles. The molecule has 5 heteroatoms. The van der Waals surface area contributed by atoms with Crippen LogP contribution in [-0.2, 0) is 13.0 Å². The fourth-order valence-electron chi connectivity index (χ4n) is 3.58. The van der Waals surface area contributed by atoms with Crippen molar-refractivity contribution in [3.05, 3.63) is 47.7 Å². The molecular weight excluding hydrogens is 322 g/mol. The summed E-state index contributed by atoms with van der Waals surface area (Å²) < 4.78 is 0. The van der Waals surface area contributed by atoms with Crippen molar-refractivity contribution in [3.8, 4) is 0 Å². The second-order valence-electron chi connectivity index (χ2n) is 7.65. The van der Waals surface area contributed by atoms with Crippen LogP contribution in [0.4, 0.5) is 11.8 Å². The first-order chi connectivity index (χ1) is 12.6. The van der Waals surface area contributed by atoms with E-state index in [0.717, 1.165) is 38.3 Å². The minimum Gasteiger partial charge on any atom is -0.373 e. The van der Waals surface area contributed by atoms with Crippen LogP contribution in [0.5, 0.6) is 0 Å². The standard InChI is InChI=1S/C21H31N5/c1-16(2)13-17-6-8-18(9-7-17)14-26-12-4-5-19(15-26)24-21-23-11-10-20(22-3)25-21/h6-11,16,19H,4-5,12-15H2,1-3H3,(H2,22,23,24,25)/t19-/m0/s1. The zero-order valence-electron chi connectivity index (χ0n) is 16.2. The number of hydrogen-bond acceptors (Lipinski definition) is 5. The van der Waals surface area contributed by atoms with Gasteiger partial charge in [0.05, 0.1) is 0 Å². The third-order valence-electron chi connectivity index (χ3n) is 4.82. The predicted octanol–water partition coefficient (Wildman–Crippen LogP) is 3.79. The molecule has 0 aliphatic carbocycles. The van der Waals surface area contributed by atoms with Gasteiger partial charge in [-0.3, -0.25) is 4.90 Å². The summed E-state index contributed by atoms with van der Waals surface area (Å²) in [5.74, 6) is 2.26. The highest BCUT2D eigenvalue weighted by molar-refractivity contribution is 5.39. The zero-order chi connectivity index (χ0) is 18.4. The Morgan fingerprint density at radius 2 is 1.92 bits per heavy atom. The van der Waals surface area contributed by atoms with Crippen LogP contribution in [0.2, 0.25) is 0 Å². The first kappa shape index (κ1) is 18.6. The van der Waals surface area contributed by atoms with Gasteiger partial charge in [0.2, 0.25) is 5.95 Å². The minimum atomic E-state index is 0.399. The van der Waals surface area contributed by atoms with Crippen molar-refractivity contribution in [1.82, 2.24) is 14.9 Å². The molecule has 1 atom stereocenters. The topological polar surface area (TPSA) is 53.1 Å². The number of likely N-dealkylation sites (tertiary alicyclic amines) is 1. The van der Waals surface area contributed by atoms with Crippen LogP contribution in [0.25, 0.3) is 0 Å². The Balaban J connectivity index is 1.54. The number of hydrogen-bond donors (Lipinski definition) is 2. The lowest BCUT2D eigenvalue weighted by Crippen LogP contribution is -2.41. The molecule has 0 amide bonds. The van der Waals surface area contributed by atoms with Gasteiger partial charge in [-0.05, 0) is 48.9 Å². The highest BCUT2D eigenvalue weighted by Crippen LogP contribution is 2.18. The second-order valence-corrected chi connectivity index (χ2v) is 7.65. The smallest absolute Gasteiger partial charge is 0.224 e. The van der Waals surface area contributed by atoms with Crippen molar-refractivity contribution < 1.29 is 0 Å². The average molecular weight is 354 g/mol. The molecule has 1 fully saturated rings. The van der Waals surface area contributed by atoms with E-state index in [-0.39, 0.29) is 0 Å². The van der Waals surface area contributed by atoms with Crippen molar-refractivity contribution in [3.63, 3.8) is 0 Å². The Morgan fingerprint density at radius 3 is 2.65 bits per heavy atom. The predicted molar refractivity (Wildman–Crippen MR) is 108 cm³/mol. The number of nitrogens with zero attached hydrogens (tertiary/aromatic N) is 3. The molecule has 1 aromatic heterocycles. The van der Waals surface area contributed by atoms with Gasteiger partial charge in [0.1, 0.15) is 5.82 Å². The van der Waals surface area contributed by atoms with Gasteiger partial charge >= 0.3 is 0 Å². The van der Waals surface area contributed by atoms with E-state index in [4.69, 9.17) is 0 Å². The fourth-order valence-corrected chi connectivity index (χ4v) is 3.58. The molecule has 5 nitrogen and oxygen atoms in total. The van der Waals surface area contributed by atoms with E-state index in [1.165, 1.54) is 17.5 Å². The first-order valence-electron chi connectivity index (χ1n) is 9.70. The maximum atomic E-state index is 4.48. The lowest BCUT2D eigenvalue weighted by molar-refractivity contribution is 0.208. The Morgan fingerprint density at radius 1 is 1.15 bits per heavy atom. The van der Waals surface area contributed by atoms with Gasteiger partial charge in [-0.15, -0.1) is 0 Å². The highest BCUT2D eigenvalue weighted by Gasteiger charge is 2.20. The molecule has 0 unspecified atom stereocenters. The van der Waals surface area contributed by atoms with Gasteiger partial charge in [0.25, 0.3) is 0 Å². The van der Waals surface area contributed by atoms with Gasteiger partial charge in [-0.2, -0.15) is 4.98 Å². The van der Waals surface area contributed by atoms with E-state index in [0.29, 0.717) is 17.9 Å². The third-order valence-corrected chi connectivity index (χ3v) is 4.82. The van der Waals surface area contributed by atoms with Crippen LogP contribution in [0.3, 0.4) is 0 Å². The monoisotopic (exact) mass is 353 g/mol. The van der Waals surface area contributed by atoms with Crippen LogP contribution in [0, 0.1) is 5.92 Å². The van der Waals surface area contributed by atoms with E-state index >= 15 is 0 Å². The molecular formula is C21H31N5. The molecule has 2 aromatic rings. The van der Waals surface area contributed by atoms with E-state index in [9.17, 15) is 0 Å². The number of nitrogens with one attached hydrogen (secondary N) is 2. The van der Waals surface area contributed by atoms with Crippen molar-refractivity contribution in [2.45, 2.75) is 45.7 Å². The maximum Gasteiger partial charge on any atom is 0.224 e. The summed E-state index contributed by atoms with van der Waals surface area (Å²) in [6.45, 7) is 7.73. The molecule has 1 aromatic carbocycles. The summed E-state index contributed by atoms with van der Waals surface area (Å²) in [6.07, 6.45) is 5.31. The molecule has 0 radical (unpaired) electrons. The highest BCUT2D eigenvalue weighted by atomic mass is 15.2. The van der Waals surface area contributed by atoms with E-state index in [2.05, 4.69) is 63.6 Å². The Labute approximate surface area is 157 Å². The summed E-state index contributed by atoms with van der Waals surface area (Å²) in [5, 5.41) is 6.56. The molecule has 2 N–H and O–H groups in total. The summed E-state index contributed by atoms with van der Waals surface area (Å²) in [4.78, 5) is 11.3. The molecule has 1 aliphatic rings. The fraction of sp³-hybridized carbons (Fsp3) is 0.524. The average Bonchev–Trinajstić information content (AvgIpc) is 2.63. The zero-order valence-corrected chi connectivity index (χ0v) is 16.2. The van der Waals surface area contributed by atoms with Crippen LogP contribution < -0.4 is 10.6 Å². The number of benzene rings is 1. The van der Waals surface area contributed by atoms with Crippen molar-refractivity contribution in [2.75, 3.05) is 30.8 Å². The van der Waals surface area contributed by atoms with Gasteiger partial charge in [0, 0.05) is 32.4 Å². The van der Waals surface area contributed by atoms with Crippen molar-refractivity contribution in [1.29, 1.82) is 0 Å². The Hall–Kier alpha value is -2.14. The van der Waals surface area contributed by atoms with Crippen molar-refractivity contribution >= 4 is 11.8 Å². The number of piperidine rings is 1. The lowest BCUT2D eigenvalue weighted by Gasteiger charge is -2.33. The largest absolute Gasteiger partial charge is 0.373 e. The molecule has 0 saturated carbocycles. The van der Waals surface area contributed by atoms with E-state index in [1.54, 1.807) is 6.20 Å². The number of rotatable bonds is 7. The molecule has 0 spiro atoms. The van der Waals surface area contributed by atoms with Crippen LogP contribution in [-0.4, -0.2) is 41.0 Å². The van der Waals surface area contributed by atoms with E-state index < -0.39 is 0 Å². The maximum absolute atomic E-state index is 4.48. The molecule has 1 saturated heterocycles. The molecule has 1 aliphatic heterocycles. The molecule has 3 rings (SSSR count). The Bertz CT molecular complexity index is 683. The summed E-state index contributed by atoms with van der Waals surface area (Å²) >= 11 is 0. The summed E-state index contributed by atoms with van der Waals surface area (Å²) in [5.41, 5.74) is 2.83. The molecule has 26 heavy (non-hydrogen) atoms.